The van der Waals surface area contributed by atoms with Crippen molar-refractivity contribution in [3.63, 3.8) is 0 Å². The maximum atomic E-state index is 13.3. The van der Waals surface area contributed by atoms with E-state index in [0.717, 1.165) is 36.8 Å². The average Bonchev–Trinajstić information content (AvgIpc) is 2.70. The van der Waals surface area contributed by atoms with Crippen molar-refractivity contribution >= 4 is 5.91 Å². The fourth-order valence-corrected chi connectivity index (χ4v) is 3.55. The second-order valence-corrected chi connectivity index (χ2v) is 7.52. The third-order valence-electron chi connectivity index (χ3n) is 5.48. The molecular weight excluding hydrogens is 330 g/mol. The predicted molar refractivity (Wildman–Crippen MR) is 113 cm³/mol. The van der Waals surface area contributed by atoms with Crippen molar-refractivity contribution in [2.45, 2.75) is 45.6 Å². The number of allylic oxidation sites excluding steroid dienone is 2. The topological polar surface area (TPSA) is 20.3 Å². The molecule has 2 nitrogen and oxygen atoms in total. The number of benzene rings is 2. The van der Waals surface area contributed by atoms with Crippen LogP contribution in [-0.2, 0) is 0 Å². The van der Waals surface area contributed by atoms with E-state index in [-0.39, 0.29) is 11.9 Å². The molecule has 27 heavy (non-hydrogen) atoms. The second-order valence-electron chi connectivity index (χ2n) is 7.52. The Balaban J connectivity index is 1.84. The van der Waals surface area contributed by atoms with E-state index in [4.69, 9.17) is 0 Å². The molecule has 2 aromatic rings. The van der Waals surface area contributed by atoms with Crippen LogP contribution in [0, 0.1) is 6.92 Å². The summed E-state index contributed by atoms with van der Waals surface area (Å²) in [6.07, 6.45) is 6.56. The third-order valence-corrected chi connectivity index (χ3v) is 5.48. The molecule has 0 saturated heterocycles. The van der Waals surface area contributed by atoms with Crippen LogP contribution in [0.15, 0.2) is 78.4 Å². The van der Waals surface area contributed by atoms with Gasteiger partial charge in [-0.2, -0.15) is 0 Å². The molecule has 2 heteroatoms. The van der Waals surface area contributed by atoms with Crippen molar-refractivity contribution in [1.82, 2.24) is 4.90 Å². The van der Waals surface area contributed by atoms with Crippen LogP contribution in [0.1, 0.15) is 60.1 Å². The lowest BCUT2D eigenvalue weighted by Gasteiger charge is -2.29. The summed E-state index contributed by atoms with van der Waals surface area (Å²) in [6, 6.07) is 18.2. The Morgan fingerprint density at radius 1 is 1.04 bits per heavy atom. The Hall–Kier alpha value is -2.61. The highest BCUT2D eigenvalue weighted by Crippen LogP contribution is 2.28. The molecule has 0 bridgehead atoms. The minimum atomic E-state index is 0.0235. The number of hydrogen-bond acceptors (Lipinski definition) is 1. The molecule has 1 aliphatic carbocycles. The maximum absolute atomic E-state index is 13.3. The van der Waals surface area contributed by atoms with Gasteiger partial charge in [-0.15, -0.1) is 0 Å². The molecule has 1 fully saturated rings. The zero-order valence-corrected chi connectivity index (χ0v) is 16.4. The Labute approximate surface area is 163 Å². The number of hydrogen-bond donors (Lipinski definition) is 0. The molecule has 0 aromatic heterocycles. The molecule has 1 amide bonds. The normalized spacial score (nSPS) is 15.3. The molecule has 140 valence electrons. The van der Waals surface area contributed by atoms with Gasteiger partial charge in [0.05, 0.1) is 6.04 Å². The van der Waals surface area contributed by atoms with Crippen LogP contribution < -0.4 is 0 Å². The first-order valence-corrected chi connectivity index (χ1v) is 9.81. The summed E-state index contributed by atoms with van der Waals surface area (Å²) in [7, 11) is 0. The summed E-state index contributed by atoms with van der Waals surface area (Å²) in [6.45, 7) is 8.89. The summed E-state index contributed by atoms with van der Waals surface area (Å²) in [5.41, 5.74) is 5.87. The standard InChI is InChI=1S/C25H29NO/c1-19-9-13-22(14-10-19)17-18-26(21(3)23-7-5-4-6-8-23)25(27)24-15-11-20(2)12-16-24/h4-8,11-12,15-17,21H,1,9-10,13-14,18H2,2-3H3. The number of carbonyl (C=O) groups excluding carboxylic acids is 1. The lowest BCUT2D eigenvalue weighted by atomic mass is 9.91. The lowest BCUT2D eigenvalue weighted by molar-refractivity contribution is 0.0714. The number of amides is 1. The fraction of sp³-hybridized carbons (Fsp3) is 0.320. The van der Waals surface area contributed by atoms with E-state index in [1.165, 1.54) is 16.7 Å². The Bertz CT molecular complexity index is 805. The van der Waals surface area contributed by atoms with Crippen molar-refractivity contribution < 1.29 is 4.79 Å². The van der Waals surface area contributed by atoms with Crippen LogP contribution >= 0.6 is 0 Å². The summed E-state index contributed by atoms with van der Waals surface area (Å²) in [5.74, 6) is 0.0865. The second kappa shape index (κ2) is 8.85. The van der Waals surface area contributed by atoms with Gasteiger partial charge in [-0.3, -0.25) is 4.79 Å². The van der Waals surface area contributed by atoms with Gasteiger partial charge in [-0.1, -0.05) is 71.8 Å². The molecule has 0 N–H and O–H groups in total. The molecule has 0 aliphatic heterocycles. The molecular formula is C25H29NO. The van der Waals surface area contributed by atoms with Crippen LogP contribution in [0.3, 0.4) is 0 Å². The van der Waals surface area contributed by atoms with Crippen molar-refractivity contribution in [2.75, 3.05) is 6.54 Å². The van der Waals surface area contributed by atoms with E-state index in [9.17, 15) is 4.79 Å². The third kappa shape index (κ3) is 4.97. The van der Waals surface area contributed by atoms with Crippen LogP contribution in [0.2, 0.25) is 0 Å². The highest BCUT2D eigenvalue weighted by Gasteiger charge is 2.22. The molecule has 0 spiro atoms. The zero-order valence-electron chi connectivity index (χ0n) is 16.4. The van der Waals surface area contributed by atoms with Crippen molar-refractivity contribution in [2.24, 2.45) is 0 Å². The van der Waals surface area contributed by atoms with E-state index >= 15 is 0 Å². The van der Waals surface area contributed by atoms with E-state index < -0.39 is 0 Å². The molecule has 3 rings (SSSR count). The van der Waals surface area contributed by atoms with Gasteiger partial charge in [-0.25, -0.2) is 0 Å². The van der Waals surface area contributed by atoms with Crippen molar-refractivity contribution in [3.8, 4) is 0 Å². The Kier molecular flexibility index (Phi) is 6.28. The number of rotatable bonds is 5. The van der Waals surface area contributed by atoms with E-state index in [2.05, 4.69) is 31.7 Å². The van der Waals surface area contributed by atoms with Crippen LogP contribution in [0.5, 0.6) is 0 Å². The minimum Gasteiger partial charge on any atom is -0.328 e. The fourth-order valence-electron chi connectivity index (χ4n) is 3.55. The molecule has 1 unspecified atom stereocenters. The summed E-state index contributed by atoms with van der Waals surface area (Å²) in [4.78, 5) is 15.3. The predicted octanol–water partition coefficient (Wildman–Crippen LogP) is 6.26. The zero-order chi connectivity index (χ0) is 19.2. The van der Waals surface area contributed by atoms with Gasteiger partial charge < -0.3 is 4.90 Å². The average molecular weight is 360 g/mol. The first-order chi connectivity index (χ1) is 13.0. The lowest BCUT2D eigenvalue weighted by Crippen LogP contribution is -2.34. The van der Waals surface area contributed by atoms with E-state index in [1.54, 1.807) is 0 Å². The van der Waals surface area contributed by atoms with Crippen molar-refractivity contribution in [1.29, 1.82) is 0 Å². The van der Waals surface area contributed by atoms with Gasteiger partial charge in [0, 0.05) is 12.1 Å². The molecule has 1 atom stereocenters. The van der Waals surface area contributed by atoms with Crippen LogP contribution in [0.4, 0.5) is 0 Å². The highest BCUT2D eigenvalue weighted by molar-refractivity contribution is 5.94. The van der Waals surface area contributed by atoms with Gasteiger partial charge in [0.1, 0.15) is 0 Å². The summed E-state index contributed by atoms with van der Waals surface area (Å²) >= 11 is 0. The number of carbonyl (C=O) groups is 1. The van der Waals surface area contributed by atoms with Crippen LogP contribution in [-0.4, -0.2) is 17.4 Å². The van der Waals surface area contributed by atoms with E-state index in [0.29, 0.717) is 6.54 Å². The molecule has 1 saturated carbocycles. The van der Waals surface area contributed by atoms with Crippen molar-refractivity contribution in [3.05, 3.63) is 95.1 Å². The Morgan fingerprint density at radius 3 is 2.30 bits per heavy atom. The molecule has 2 aromatic carbocycles. The first kappa shape index (κ1) is 19.2. The number of nitrogens with zero attached hydrogens (tertiary/aromatic N) is 1. The van der Waals surface area contributed by atoms with Gasteiger partial charge in [-0.05, 0) is 57.2 Å². The number of aryl methyl sites for hydroxylation is 1. The van der Waals surface area contributed by atoms with E-state index in [1.807, 2.05) is 54.3 Å². The summed E-state index contributed by atoms with van der Waals surface area (Å²) in [5, 5.41) is 0. The van der Waals surface area contributed by atoms with Gasteiger partial charge in [0.2, 0.25) is 0 Å². The minimum absolute atomic E-state index is 0.0235. The maximum Gasteiger partial charge on any atom is 0.254 e. The first-order valence-electron chi connectivity index (χ1n) is 9.81. The smallest absolute Gasteiger partial charge is 0.254 e. The quantitative estimate of drug-likeness (QED) is 0.577. The molecule has 1 aliphatic rings. The highest BCUT2D eigenvalue weighted by atomic mass is 16.2. The van der Waals surface area contributed by atoms with Gasteiger partial charge >= 0.3 is 0 Å². The molecule has 0 radical (unpaired) electrons. The summed E-state index contributed by atoms with van der Waals surface area (Å²) < 4.78 is 0. The Morgan fingerprint density at radius 2 is 1.67 bits per heavy atom. The largest absolute Gasteiger partial charge is 0.328 e. The molecule has 0 heterocycles. The van der Waals surface area contributed by atoms with Gasteiger partial charge in [0.15, 0.2) is 0 Å². The SMILES string of the molecule is C=C1CCC(=CCN(C(=O)c2ccc(C)cc2)C(C)c2ccccc2)CC1. The monoisotopic (exact) mass is 359 g/mol. The van der Waals surface area contributed by atoms with Gasteiger partial charge in [0.25, 0.3) is 5.91 Å². The van der Waals surface area contributed by atoms with Crippen LogP contribution in [0.25, 0.3) is 0 Å².